The first-order chi connectivity index (χ1) is 9.11. The van der Waals surface area contributed by atoms with Gasteiger partial charge in [-0.25, -0.2) is 0 Å². The predicted octanol–water partition coefficient (Wildman–Crippen LogP) is 3.35. The van der Waals surface area contributed by atoms with Crippen LogP contribution in [0.2, 0.25) is 5.02 Å². The fourth-order valence-corrected chi connectivity index (χ4v) is 3.00. The second-order valence-corrected chi connectivity index (χ2v) is 6.25. The van der Waals surface area contributed by atoms with Gasteiger partial charge in [-0.1, -0.05) is 24.4 Å². The Morgan fingerprint density at radius 2 is 2.16 bits per heavy atom. The summed E-state index contributed by atoms with van der Waals surface area (Å²) >= 11 is 9.33. The van der Waals surface area contributed by atoms with E-state index < -0.39 is 0 Å². The number of hydrogen-bond acceptors (Lipinski definition) is 2. The van der Waals surface area contributed by atoms with E-state index in [1.807, 2.05) is 0 Å². The third kappa shape index (κ3) is 3.71. The first-order valence-electron chi connectivity index (χ1n) is 6.58. The Hall–Kier alpha value is -0.580. The lowest BCUT2D eigenvalue weighted by Crippen LogP contribution is -2.44. The minimum Gasteiger partial charge on any atom is -0.349 e. The van der Waals surface area contributed by atoms with Crippen molar-refractivity contribution in [1.82, 2.24) is 5.32 Å². The molecule has 1 amide bonds. The lowest BCUT2D eigenvalue weighted by molar-refractivity contribution is 0.0908. The van der Waals surface area contributed by atoms with E-state index in [1.165, 1.54) is 6.42 Å². The van der Waals surface area contributed by atoms with E-state index in [4.69, 9.17) is 17.3 Å². The number of amides is 1. The van der Waals surface area contributed by atoms with Crippen molar-refractivity contribution >= 4 is 33.4 Å². The summed E-state index contributed by atoms with van der Waals surface area (Å²) in [5.74, 6) is 0.323. The third-order valence-corrected chi connectivity index (χ3v) is 4.94. The summed E-state index contributed by atoms with van der Waals surface area (Å²) < 4.78 is 0.795. The highest BCUT2D eigenvalue weighted by atomic mass is 79.9. The van der Waals surface area contributed by atoms with Crippen LogP contribution in [-0.4, -0.2) is 18.5 Å². The molecule has 0 radical (unpaired) electrons. The predicted molar refractivity (Wildman–Crippen MR) is 81.4 cm³/mol. The van der Waals surface area contributed by atoms with Crippen molar-refractivity contribution in [3.8, 4) is 0 Å². The molecule has 0 aliphatic heterocycles. The number of carbonyl (C=O) groups excluding carboxylic acids is 1. The van der Waals surface area contributed by atoms with Crippen LogP contribution in [0.3, 0.4) is 0 Å². The van der Waals surface area contributed by atoms with Gasteiger partial charge in [0.15, 0.2) is 0 Å². The lowest BCUT2D eigenvalue weighted by atomic mass is 9.84. The van der Waals surface area contributed by atoms with Gasteiger partial charge in [-0.05, 0) is 59.4 Å². The standard InChI is InChI=1S/C14H18BrClN2O/c15-11-6-5-9(7-12(11)16)14(19)18-13-4-2-1-3-10(13)8-17/h5-7,10,13H,1-4,8,17H2,(H,18,19). The lowest BCUT2D eigenvalue weighted by Gasteiger charge is -2.31. The molecule has 1 aromatic carbocycles. The molecule has 2 atom stereocenters. The summed E-state index contributed by atoms with van der Waals surface area (Å²) in [7, 11) is 0. The number of halogens is 2. The van der Waals surface area contributed by atoms with Gasteiger partial charge in [0.2, 0.25) is 0 Å². The van der Waals surface area contributed by atoms with Gasteiger partial charge >= 0.3 is 0 Å². The zero-order valence-electron chi connectivity index (χ0n) is 10.7. The van der Waals surface area contributed by atoms with E-state index in [0.717, 1.165) is 23.7 Å². The summed E-state index contributed by atoms with van der Waals surface area (Å²) in [6.45, 7) is 0.631. The first-order valence-corrected chi connectivity index (χ1v) is 7.75. The van der Waals surface area contributed by atoms with E-state index in [0.29, 0.717) is 23.0 Å². The first kappa shape index (κ1) is 14.8. The average Bonchev–Trinajstić information content (AvgIpc) is 2.42. The molecule has 3 N–H and O–H groups in total. The van der Waals surface area contributed by atoms with Crippen LogP contribution >= 0.6 is 27.5 Å². The molecule has 19 heavy (non-hydrogen) atoms. The highest BCUT2D eigenvalue weighted by Crippen LogP contribution is 2.25. The highest BCUT2D eigenvalue weighted by molar-refractivity contribution is 9.10. The van der Waals surface area contributed by atoms with E-state index in [9.17, 15) is 4.79 Å². The second-order valence-electron chi connectivity index (χ2n) is 4.99. The van der Waals surface area contributed by atoms with Gasteiger partial charge in [-0.15, -0.1) is 0 Å². The summed E-state index contributed by atoms with van der Waals surface area (Å²) in [6, 6.07) is 5.43. The van der Waals surface area contributed by atoms with Crippen molar-refractivity contribution < 1.29 is 4.79 Å². The number of carbonyl (C=O) groups is 1. The Morgan fingerprint density at radius 3 is 2.84 bits per heavy atom. The number of nitrogens with two attached hydrogens (primary N) is 1. The van der Waals surface area contributed by atoms with Gasteiger partial charge in [-0.2, -0.15) is 0 Å². The molecule has 104 valence electrons. The topological polar surface area (TPSA) is 55.1 Å². The number of rotatable bonds is 3. The fraction of sp³-hybridized carbons (Fsp3) is 0.500. The van der Waals surface area contributed by atoms with E-state index in [2.05, 4.69) is 21.2 Å². The molecule has 0 saturated heterocycles. The van der Waals surface area contributed by atoms with E-state index in [-0.39, 0.29) is 11.9 Å². The fourth-order valence-electron chi connectivity index (χ4n) is 2.57. The molecule has 3 nitrogen and oxygen atoms in total. The Morgan fingerprint density at radius 1 is 1.42 bits per heavy atom. The Bertz CT molecular complexity index is 467. The van der Waals surface area contributed by atoms with Crippen molar-refractivity contribution in [2.45, 2.75) is 31.7 Å². The smallest absolute Gasteiger partial charge is 0.251 e. The van der Waals surface area contributed by atoms with Crippen LogP contribution in [0, 0.1) is 5.92 Å². The van der Waals surface area contributed by atoms with Gasteiger partial charge in [0.05, 0.1) is 5.02 Å². The zero-order chi connectivity index (χ0) is 13.8. The maximum absolute atomic E-state index is 12.2. The van der Waals surface area contributed by atoms with Crippen LogP contribution in [0.4, 0.5) is 0 Å². The van der Waals surface area contributed by atoms with Gasteiger partial charge in [0, 0.05) is 16.1 Å². The molecule has 0 bridgehead atoms. The molecule has 1 aliphatic rings. The zero-order valence-corrected chi connectivity index (χ0v) is 13.0. The largest absolute Gasteiger partial charge is 0.349 e. The van der Waals surface area contributed by atoms with Crippen LogP contribution < -0.4 is 11.1 Å². The van der Waals surface area contributed by atoms with E-state index in [1.54, 1.807) is 18.2 Å². The molecule has 0 heterocycles. The SMILES string of the molecule is NCC1CCCCC1NC(=O)c1ccc(Br)c(Cl)c1. The van der Waals surface area contributed by atoms with Crippen molar-refractivity contribution in [1.29, 1.82) is 0 Å². The third-order valence-electron chi connectivity index (χ3n) is 3.71. The number of hydrogen-bond donors (Lipinski definition) is 2. The van der Waals surface area contributed by atoms with Crippen LogP contribution in [0.1, 0.15) is 36.0 Å². The van der Waals surface area contributed by atoms with Crippen LogP contribution in [0.5, 0.6) is 0 Å². The normalized spacial score (nSPS) is 23.1. The van der Waals surface area contributed by atoms with Crippen LogP contribution in [0.15, 0.2) is 22.7 Å². The van der Waals surface area contributed by atoms with Crippen molar-refractivity contribution in [2.75, 3.05) is 6.54 Å². The Kier molecular flexibility index (Phi) is 5.25. The van der Waals surface area contributed by atoms with Crippen LogP contribution in [-0.2, 0) is 0 Å². The molecule has 1 saturated carbocycles. The molecule has 0 spiro atoms. The molecule has 5 heteroatoms. The van der Waals surface area contributed by atoms with Gasteiger partial charge in [0.25, 0.3) is 5.91 Å². The average molecular weight is 346 g/mol. The molecule has 1 aliphatic carbocycles. The quantitative estimate of drug-likeness (QED) is 0.882. The summed E-state index contributed by atoms with van der Waals surface area (Å²) in [6.07, 6.45) is 4.47. The van der Waals surface area contributed by atoms with Crippen molar-refractivity contribution in [3.05, 3.63) is 33.3 Å². The minimum absolute atomic E-state index is 0.0697. The van der Waals surface area contributed by atoms with Gasteiger partial charge in [-0.3, -0.25) is 4.79 Å². The van der Waals surface area contributed by atoms with Crippen molar-refractivity contribution in [2.24, 2.45) is 11.7 Å². The maximum atomic E-state index is 12.2. The highest BCUT2D eigenvalue weighted by Gasteiger charge is 2.25. The molecule has 2 unspecified atom stereocenters. The van der Waals surface area contributed by atoms with Gasteiger partial charge in [0.1, 0.15) is 0 Å². The molecular weight excluding hydrogens is 328 g/mol. The Labute approximate surface area is 127 Å². The summed E-state index contributed by atoms with van der Waals surface area (Å²) in [5.41, 5.74) is 6.37. The summed E-state index contributed by atoms with van der Waals surface area (Å²) in [5, 5.41) is 3.64. The molecular formula is C14H18BrClN2O. The number of benzene rings is 1. The van der Waals surface area contributed by atoms with Gasteiger partial charge < -0.3 is 11.1 Å². The molecule has 0 aromatic heterocycles. The molecule has 1 fully saturated rings. The van der Waals surface area contributed by atoms with E-state index >= 15 is 0 Å². The van der Waals surface area contributed by atoms with Crippen molar-refractivity contribution in [3.63, 3.8) is 0 Å². The number of nitrogens with one attached hydrogen (secondary N) is 1. The molecule has 1 aromatic rings. The maximum Gasteiger partial charge on any atom is 0.251 e. The monoisotopic (exact) mass is 344 g/mol. The Balaban J connectivity index is 2.05. The van der Waals surface area contributed by atoms with Crippen LogP contribution in [0.25, 0.3) is 0 Å². The minimum atomic E-state index is -0.0697. The summed E-state index contributed by atoms with van der Waals surface area (Å²) in [4.78, 5) is 12.2. The second kappa shape index (κ2) is 6.73. The molecule has 2 rings (SSSR count).